The summed E-state index contributed by atoms with van der Waals surface area (Å²) in [5, 5.41) is 8.75. The first-order valence-electron chi connectivity index (χ1n) is 5.02. The molecule has 0 amide bonds. The third kappa shape index (κ3) is 2.55. The van der Waals surface area contributed by atoms with Gasteiger partial charge in [-0.25, -0.2) is 4.79 Å². The lowest BCUT2D eigenvalue weighted by Crippen LogP contribution is -1.96. The van der Waals surface area contributed by atoms with Gasteiger partial charge in [0.1, 0.15) is 11.5 Å². The number of hydrogen-bond acceptors (Lipinski definition) is 3. The lowest BCUT2D eigenvalue weighted by Gasteiger charge is -2.07. The number of rotatable bonds is 3. The Bertz CT molecular complexity index is 535. The van der Waals surface area contributed by atoms with E-state index in [0.717, 1.165) is 0 Å². The minimum absolute atomic E-state index is 0.221. The number of nitrogens with two attached hydrogens (primary N) is 1. The molecule has 3 N–H and O–H groups in total. The van der Waals surface area contributed by atoms with E-state index in [2.05, 4.69) is 0 Å². The van der Waals surface area contributed by atoms with Gasteiger partial charge in [-0.15, -0.1) is 0 Å². The molecular formula is C13H11NO3. The van der Waals surface area contributed by atoms with Gasteiger partial charge in [-0.3, -0.25) is 0 Å². The number of benzene rings is 2. The van der Waals surface area contributed by atoms with Gasteiger partial charge in [-0.2, -0.15) is 0 Å². The Morgan fingerprint density at radius 1 is 1.06 bits per heavy atom. The highest BCUT2D eigenvalue weighted by molar-refractivity contribution is 5.87. The summed E-state index contributed by atoms with van der Waals surface area (Å²) in [4.78, 5) is 10.7. The molecule has 0 fully saturated rings. The normalized spacial score (nSPS) is 9.88. The summed E-state index contributed by atoms with van der Waals surface area (Å²) in [7, 11) is 0. The Hall–Kier alpha value is -2.49. The Labute approximate surface area is 98.3 Å². The number of ether oxygens (including phenoxy) is 1. The minimum atomic E-state index is -0.962. The molecule has 0 spiro atoms. The maximum absolute atomic E-state index is 10.7. The number of carboxylic acids is 1. The highest BCUT2D eigenvalue weighted by atomic mass is 16.5. The van der Waals surface area contributed by atoms with Crippen LogP contribution < -0.4 is 10.5 Å². The van der Waals surface area contributed by atoms with E-state index in [0.29, 0.717) is 17.2 Å². The fourth-order valence-electron chi connectivity index (χ4n) is 1.37. The van der Waals surface area contributed by atoms with Crippen molar-refractivity contribution in [2.24, 2.45) is 0 Å². The smallest absolute Gasteiger partial charge is 0.335 e. The van der Waals surface area contributed by atoms with Crippen molar-refractivity contribution in [3.8, 4) is 11.5 Å². The summed E-state index contributed by atoms with van der Waals surface area (Å²) in [6.45, 7) is 0. The fraction of sp³-hybridized carbons (Fsp3) is 0. The van der Waals surface area contributed by atoms with Crippen LogP contribution in [0, 0.1) is 0 Å². The highest BCUT2D eigenvalue weighted by Gasteiger charge is 2.04. The van der Waals surface area contributed by atoms with Crippen LogP contribution in [0.3, 0.4) is 0 Å². The van der Waals surface area contributed by atoms with E-state index in [1.54, 1.807) is 24.3 Å². The van der Waals surface area contributed by atoms with E-state index < -0.39 is 5.97 Å². The third-order valence-electron chi connectivity index (χ3n) is 2.25. The predicted molar refractivity (Wildman–Crippen MR) is 64.3 cm³/mol. The van der Waals surface area contributed by atoms with Gasteiger partial charge in [0.05, 0.1) is 11.3 Å². The second-order valence-electron chi connectivity index (χ2n) is 3.47. The summed E-state index contributed by atoms with van der Waals surface area (Å²) in [5.41, 5.74) is 6.48. The number of para-hydroxylation sites is 2. The van der Waals surface area contributed by atoms with Crippen LogP contribution in [0.15, 0.2) is 48.5 Å². The molecule has 2 aromatic rings. The van der Waals surface area contributed by atoms with E-state index in [-0.39, 0.29) is 5.56 Å². The quantitative estimate of drug-likeness (QED) is 0.794. The maximum Gasteiger partial charge on any atom is 0.335 e. The molecule has 0 saturated heterocycles. The van der Waals surface area contributed by atoms with Crippen LogP contribution >= 0.6 is 0 Å². The molecule has 0 aliphatic rings. The Morgan fingerprint density at radius 3 is 2.29 bits per heavy atom. The largest absolute Gasteiger partial charge is 0.478 e. The molecule has 0 bridgehead atoms. The molecule has 0 atom stereocenters. The van der Waals surface area contributed by atoms with Crippen molar-refractivity contribution in [3.63, 3.8) is 0 Å². The summed E-state index contributed by atoms with van der Waals surface area (Å²) >= 11 is 0. The molecule has 0 aromatic heterocycles. The first-order chi connectivity index (χ1) is 8.16. The van der Waals surface area contributed by atoms with Gasteiger partial charge in [0.2, 0.25) is 0 Å². The van der Waals surface area contributed by atoms with E-state index in [4.69, 9.17) is 15.6 Å². The van der Waals surface area contributed by atoms with E-state index in [9.17, 15) is 4.79 Å². The zero-order valence-corrected chi connectivity index (χ0v) is 8.96. The fourth-order valence-corrected chi connectivity index (χ4v) is 1.37. The molecule has 0 unspecified atom stereocenters. The van der Waals surface area contributed by atoms with Crippen LogP contribution in [0.1, 0.15) is 10.4 Å². The van der Waals surface area contributed by atoms with Gasteiger partial charge in [-0.05, 0) is 36.4 Å². The van der Waals surface area contributed by atoms with Crippen molar-refractivity contribution in [2.75, 3.05) is 5.73 Å². The molecule has 2 aromatic carbocycles. The standard InChI is InChI=1S/C13H11NO3/c14-11-3-1-2-4-12(11)17-10-7-5-9(6-8-10)13(15)16/h1-8H,14H2,(H,15,16). The monoisotopic (exact) mass is 229 g/mol. The van der Waals surface area contributed by atoms with Crippen molar-refractivity contribution < 1.29 is 14.6 Å². The molecule has 4 heteroatoms. The van der Waals surface area contributed by atoms with E-state index >= 15 is 0 Å². The van der Waals surface area contributed by atoms with Gasteiger partial charge in [0.25, 0.3) is 0 Å². The van der Waals surface area contributed by atoms with Crippen molar-refractivity contribution >= 4 is 11.7 Å². The summed E-state index contributed by atoms with van der Waals surface area (Å²) in [5.74, 6) is 0.138. The number of anilines is 1. The van der Waals surface area contributed by atoms with Crippen LogP contribution in [0.25, 0.3) is 0 Å². The molecule has 0 radical (unpaired) electrons. The van der Waals surface area contributed by atoms with Crippen molar-refractivity contribution in [1.29, 1.82) is 0 Å². The number of carbonyl (C=O) groups is 1. The van der Waals surface area contributed by atoms with Gasteiger partial charge >= 0.3 is 5.97 Å². The zero-order valence-electron chi connectivity index (χ0n) is 8.96. The number of nitrogen functional groups attached to an aromatic ring is 1. The number of hydrogen-bond donors (Lipinski definition) is 2. The summed E-state index contributed by atoms with van der Waals surface area (Å²) in [6.07, 6.45) is 0. The summed E-state index contributed by atoms with van der Waals surface area (Å²) < 4.78 is 5.53. The average Bonchev–Trinajstić information content (AvgIpc) is 2.33. The molecule has 0 saturated carbocycles. The molecular weight excluding hydrogens is 218 g/mol. The molecule has 0 aliphatic heterocycles. The number of carboxylic acid groups (broad SMARTS) is 1. The van der Waals surface area contributed by atoms with Crippen molar-refractivity contribution in [1.82, 2.24) is 0 Å². The number of aromatic carboxylic acids is 1. The minimum Gasteiger partial charge on any atom is -0.478 e. The third-order valence-corrected chi connectivity index (χ3v) is 2.25. The molecule has 17 heavy (non-hydrogen) atoms. The first kappa shape index (κ1) is 11.0. The van der Waals surface area contributed by atoms with E-state index in [1.165, 1.54) is 12.1 Å². The molecule has 0 heterocycles. The lowest BCUT2D eigenvalue weighted by molar-refractivity contribution is 0.0697. The van der Waals surface area contributed by atoms with Gasteiger partial charge in [0, 0.05) is 0 Å². The Balaban J connectivity index is 2.20. The van der Waals surface area contributed by atoms with Crippen LogP contribution in [-0.2, 0) is 0 Å². The molecule has 0 aliphatic carbocycles. The van der Waals surface area contributed by atoms with Crippen LogP contribution in [0.4, 0.5) is 5.69 Å². The molecule has 86 valence electrons. The first-order valence-corrected chi connectivity index (χ1v) is 5.02. The lowest BCUT2D eigenvalue weighted by atomic mass is 10.2. The predicted octanol–water partition coefficient (Wildman–Crippen LogP) is 2.76. The second kappa shape index (κ2) is 4.57. The highest BCUT2D eigenvalue weighted by Crippen LogP contribution is 2.26. The van der Waals surface area contributed by atoms with Crippen LogP contribution in [-0.4, -0.2) is 11.1 Å². The van der Waals surface area contributed by atoms with Crippen molar-refractivity contribution in [3.05, 3.63) is 54.1 Å². The molecule has 4 nitrogen and oxygen atoms in total. The Morgan fingerprint density at radius 2 is 1.71 bits per heavy atom. The zero-order chi connectivity index (χ0) is 12.3. The topological polar surface area (TPSA) is 72.5 Å². The van der Waals surface area contributed by atoms with Crippen LogP contribution in [0.5, 0.6) is 11.5 Å². The SMILES string of the molecule is Nc1ccccc1Oc1ccc(C(=O)O)cc1. The molecule has 2 rings (SSSR count). The van der Waals surface area contributed by atoms with Gasteiger partial charge < -0.3 is 15.6 Å². The van der Waals surface area contributed by atoms with Crippen molar-refractivity contribution in [2.45, 2.75) is 0 Å². The average molecular weight is 229 g/mol. The maximum atomic E-state index is 10.7. The van der Waals surface area contributed by atoms with Gasteiger partial charge in [-0.1, -0.05) is 12.1 Å². The van der Waals surface area contributed by atoms with Crippen LogP contribution in [0.2, 0.25) is 0 Å². The van der Waals surface area contributed by atoms with E-state index in [1.807, 2.05) is 12.1 Å². The second-order valence-corrected chi connectivity index (χ2v) is 3.47. The van der Waals surface area contributed by atoms with Gasteiger partial charge in [0.15, 0.2) is 0 Å². The summed E-state index contributed by atoms with van der Waals surface area (Å²) in [6, 6.07) is 13.3. The Kier molecular flexibility index (Phi) is 2.96.